The van der Waals surface area contributed by atoms with Crippen molar-refractivity contribution in [3.05, 3.63) is 23.3 Å². The number of benzene rings is 1. The Bertz CT molecular complexity index is 405. The number of aryl methyl sites for hydroxylation is 1. The van der Waals surface area contributed by atoms with Crippen LogP contribution in [0.15, 0.2) is 12.1 Å². The van der Waals surface area contributed by atoms with Gasteiger partial charge in [0.25, 0.3) is 0 Å². The van der Waals surface area contributed by atoms with Gasteiger partial charge in [0.05, 0.1) is 14.2 Å². The van der Waals surface area contributed by atoms with Gasteiger partial charge in [-0.25, -0.2) is 4.79 Å². The van der Waals surface area contributed by atoms with Crippen LogP contribution in [-0.2, 0) is 6.42 Å². The smallest absolute Gasteiger partial charge is 0.312 e. The van der Waals surface area contributed by atoms with Gasteiger partial charge in [-0.2, -0.15) is 0 Å². The van der Waals surface area contributed by atoms with Crippen LogP contribution in [0.5, 0.6) is 11.5 Å². The molecule has 2 amide bonds. The molecule has 1 aromatic rings. The minimum Gasteiger partial charge on any atom is -0.497 e. The molecule has 5 heteroatoms. The summed E-state index contributed by atoms with van der Waals surface area (Å²) in [5.41, 5.74) is 7.12. The molecule has 1 rings (SSSR count). The summed E-state index contributed by atoms with van der Waals surface area (Å²) in [5, 5.41) is 2.55. The van der Waals surface area contributed by atoms with Gasteiger partial charge in [-0.3, -0.25) is 0 Å². The quantitative estimate of drug-likeness (QED) is 0.810. The molecule has 0 saturated carbocycles. The third kappa shape index (κ3) is 3.55. The molecule has 0 bridgehead atoms. The van der Waals surface area contributed by atoms with E-state index in [1.807, 2.05) is 19.1 Å². The summed E-state index contributed by atoms with van der Waals surface area (Å²) in [6, 6.07) is 3.24. The summed E-state index contributed by atoms with van der Waals surface area (Å²) >= 11 is 0. The van der Waals surface area contributed by atoms with E-state index in [1.54, 1.807) is 14.2 Å². The van der Waals surface area contributed by atoms with Crippen molar-refractivity contribution >= 4 is 6.03 Å². The fourth-order valence-electron chi connectivity index (χ4n) is 1.68. The van der Waals surface area contributed by atoms with Gasteiger partial charge >= 0.3 is 6.03 Å². The number of nitrogens with two attached hydrogens (primary N) is 1. The van der Waals surface area contributed by atoms with Crippen molar-refractivity contribution in [1.82, 2.24) is 5.32 Å². The fraction of sp³-hybridized carbons (Fsp3) is 0.417. The molecule has 0 heterocycles. The largest absolute Gasteiger partial charge is 0.497 e. The Morgan fingerprint density at radius 1 is 1.35 bits per heavy atom. The first kappa shape index (κ1) is 13.2. The maximum Gasteiger partial charge on any atom is 0.312 e. The Balaban J connectivity index is 2.86. The maximum atomic E-state index is 10.6. The first-order valence-electron chi connectivity index (χ1n) is 5.33. The van der Waals surface area contributed by atoms with Crippen LogP contribution in [0.25, 0.3) is 0 Å². The summed E-state index contributed by atoms with van der Waals surface area (Å²) < 4.78 is 10.5. The molecule has 0 unspecified atom stereocenters. The number of nitrogens with one attached hydrogen (secondary N) is 1. The number of methoxy groups -OCH3 is 2. The highest BCUT2D eigenvalue weighted by Gasteiger charge is 2.09. The summed E-state index contributed by atoms with van der Waals surface area (Å²) in [6.45, 7) is 2.46. The number of urea groups is 1. The van der Waals surface area contributed by atoms with E-state index in [9.17, 15) is 4.79 Å². The van der Waals surface area contributed by atoms with Crippen molar-refractivity contribution in [2.75, 3.05) is 20.8 Å². The minimum absolute atomic E-state index is 0.485. The predicted octanol–water partition coefficient (Wildman–Crippen LogP) is 1.22. The van der Waals surface area contributed by atoms with Gasteiger partial charge in [-0.1, -0.05) is 0 Å². The Morgan fingerprint density at radius 2 is 2.06 bits per heavy atom. The average molecular weight is 238 g/mol. The number of amides is 2. The highest BCUT2D eigenvalue weighted by Crippen LogP contribution is 2.28. The molecule has 5 nitrogen and oxygen atoms in total. The highest BCUT2D eigenvalue weighted by atomic mass is 16.5. The van der Waals surface area contributed by atoms with Gasteiger partial charge in [0.2, 0.25) is 0 Å². The van der Waals surface area contributed by atoms with E-state index in [0.29, 0.717) is 13.0 Å². The van der Waals surface area contributed by atoms with Gasteiger partial charge in [0.15, 0.2) is 0 Å². The molecule has 0 saturated heterocycles. The molecule has 0 atom stereocenters. The van der Waals surface area contributed by atoms with Crippen molar-refractivity contribution in [1.29, 1.82) is 0 Å². The second kappa shape index (κ2) is 5.98. The van der Waals surface area contributed by atoms with Crippen molar-refractivity contribution in [2.45, 2.75) is 13.3 Å². The third-order valence-corrected chi connectivity index (χ3v) is 2.54. The lowest BCUT2D eigenvalue weighted by Crippen LogP contribution is -2.31. The van der Waals surface area contributed by atoms with Gasteiger partial charge in [0.1, 0.15) is 11.5 Å². The molecule has 0 radical (unpaired) electrons. The van der Waals surface area contributed by atoms with Gasteiger partial charge < -0.3 is 20.5 Å². The molecule has 3 N–H and O–H groups in total. The topological polar surface area (TPSA) is 73.6 Å². The Labute approximate surface area is 101 Å². The number of rotatable bonds is 5. The monoisotopic (exact) mass is 238 g/mol. The second-order valence-corrected chi connectivity index (χ2v) is 3.67. The van der Waals surface area contributed by atoms with Crippen LogP contribution >= 0.6 is 0 Å². The molecule has 0 spiro atoms. The zero-order valence-corrected chi connectivity index (χ0v) is 10.4. The first-order valence-corrected chi connectivity index (χ1v) is 5.33. The standard InChI is InChI=1S/C12H18N2O3/c1-8-6-9(16-2)7-11(17-3)10(8)4-5-14-12(13)15/h6-7H,4-5H2,1-3H3,(H3,13,14,15). The van der Waals surface area contributed by atoms with Gasteiger partial charge in [0, 0.05) is 12.6 Å². The molecule has 1 aromatic carbocycles. The van der Waals surface area contributed by atoms with E-state index in [4.69, 9.17) is 15.2 Å². The molecule has 0 aromatic heterocycles. The van der Waals surface area contributed by atoms with E-state index >= 15 is 0 Å². The third-order valence-electron chi connectivity index (χ3n) is 2.54. The predicted molar refractivity (Wildman–Crippen MR) is 65.6 cm³/mol. The minimum atomic E-state index is -0.518. The van der Waals surface area contributed by atoms with Crippen molar-refractivity contribution in [2.24, 2.45) is 5.73 Å². The molecule has 94 valence electrons. The van der Waals surface area contributed by atoms with Crippen LogP contribution in [0.4, 0.5) is 4.79 Å². The first-order chi connectivity index (χ1) is 8.08. The average Bonchev–Trinajstić information content (AvgIpc) is 2.30. The van der Waals surface area contributed by atoms with E-state index < -0.39 is 6.03 Å². The van der Waals surface area contributed by atoms with E-state index in [0.717, 1.165) is 22.6 Å². The maximum absolute atomic E-state index is 10.6. The molecule has 0 aliphatic heterocycles. The van der Waals surface area contributed by atoms with Crippen LogP contribution in [-0.4, -0.2) is 26.8 Å². The molecule has 17 heavy (non-hydrogen) atoms. The van der Waals surface area contributed by atoms with Crippen molar-refractivity contribution < 1.29 is 14.3 Å². The molecular formula is C12H18N2O3. The van der Waals surface area contributed by atoms with Crippen LogP contribution in [0.3, 0.4) is 0 Å². The second-order valence-electron chi connectivity index (χ2n) is 3.67. The molecule has 0 aliphatic rings. The van der Waals surface area contributed by atoms with Crippen LogP contribution in [0, 0.1) is 6.92 Å². The zero-order valence-electron chi connectivity index (χ0n) is 10.4. The molecular weight excluding hydrogens is 220 g/mol. The van der Waals surface area contributed by atoms with E-state index in [1.165, 1.54) is 0 Å². The van der Waals surface area contributed by atoms with Crippen molar-refractivity contribution in [3.8, 4) is 11.5 Å². The molecule has 0 fully saturated rings. The zero-order chi connectivity index (χ0) is 12.8. The summed E-state index contributed by atoms with van der Waals surface area (Å²) in [5.74, 6) is 1.51. The Kier molecular flexibility index (Phi) is 4.63. The van der Waals surface area contributed by atoms with E-state index in [-0.39, 0.29) is 0 Å². The fourth-order valence-corrected chi connectivity index (χ4v) is 1.68. The Morgan fingerprint density at radius 3 is 2.59 bits per heavy atom. The van der Waals surface area contributed by atoms with Crippen LogP contribution in [0.1, 0.15) is 11.1 Å². The number of hydrogen-bond donors (Lipinski definition) is 2. The van der Waals surface area contributed by atoms with Gasteiger partial charge in [-0.05, 0) is 30.5 Å². The normalized spacial score (nSPS) is 9.82. The highest BCUT2D eigenvalue weighted by molar-refractivity contribution is 5.71. The summed E-state index contributed by atoms with van der Waals surface area (Å²) in [7, 11) is 3.22. The lowest BCUT2D eigenvalue weighted by molar-refractivity contribution is 0.249. The number of carbonyl (C=O) groups is 1. The van der Waals surface area contributed by atoms with Crippen molar-refractivity contribution in [3.63, 3.8) is 0 Å². The Hall–Kier alpha value is -1.91. The number of hydrogen-bond acceptors (Lipinski definition) is 3. The number of ether oxygens (including phenoxy) is 2. The lowest BCUT2D eigenvalue weighted by atomic mass is 10.0. The van der Waals surface area contributed by atoms with Gasteiger partial charge in [-0.15, -0.1) is 0 Å². The van der Waals surface area contributed by atoms with E-state index in [2.05, 4.69) is 5.32 Å². The SMILES string of the molecule is COc1cc(C)c(CCNC(N)=O)c(OC)c1. The van der Waals surface area contributed by atoms with Crippen LogP contribution < -0.4 is 20.5 Å². The number of carbonyl (C=O) groups excluding carboxylic acids is 1. The lowest BCUT2D eigenvalue weighted by Gasteiger charge is -2.13. The number of primary amides is 1. The molecule has 0 aliphatic carbocycles. The van der Waals surface area contributed by atoms with Crippen LogP contribution in [0.2, 0.25) is 0 Å². The summed E-state index contributed by atoms with van der Waals surface area (Å²) in [6.07, 6.45) is 0.669. The summed E-state index contributed by atoms with van der Waals surface area (Å²) in [4.78, 5) is 10.6.